The normalized spacial score (nSPS) is 14.5. The number of nitrogens with zero attached hydrogens (tertiary/aromatic N) is 3. The van der Waals surface area contributed by atoms with Crippen molar-refractivity contribution in [1.82, 2.24) is 4.48 Å². The summed E-state index contributed by atoms with van der Waals surface area (Å²) in [6.45, 7) is -4.63. The molecule has 12 heteroatoms. The number of aromatic nitrogens is 1. The Bertz CT molecular complexity index is 2190. The van der Waals surface area contributed by atoms with E-state index in [2.05, 4.69) is 0 Å². The molecule has 2 aliphatic rings. The number of hydrogen-bond donors (Lipinski definition) is 2. The lowest BCUT2D eigenvalue weighted by atomic mass is 9.90. The maximum absolute atomic E-state index is 17.7. The van der Waals surface area contributed by atoms with Gasteiger partial charge in [-0.05, 0) is 82.4 Å². The molecule has 0 bridgehead atoms. The molecule has 0 spiro atoms. The number of hydrogen-bond acceptors (Lipinski definition) is 7. The van der Waals surface area contributed by atoms with Gasteiger partial charge in [0.25, 0.3) is 5.84 Å². The third-order valence-corrected chi connectivity index (χ3v) is 8.58. The number of allylic oxidation sites excluding steroid dienone is 1. The number of ether oxygens (including phenoxy) is 4. The summed E-state index contributed by atoms with van der Waals surface area (Å²) in [6, 6.07) is 25.0. The molecule has 2 aliphatic heterocycles. The van der Waals surface area contributed by atoms with Gasteiger partial charge in [0.1, 0.15) is 0 Å². The van der Waals surface area contributed by atoms with Gasteiger partial charge in [0.05, 0.1) is 39.7 Å². The first-order valence-electron chi connectivity index (χ1n) is 15.0. The summed E-state index contributed by atoms with van der Waals surface area (Å²) in [6.07, 6.45) is 1.71. The first kappa shape index (κ1) is 30.6. The first-order chi connectivity index (χ1) is 23.2. The highest BCUT2D eigenvalue weighted by Crippen LogP contribution is 2.48. The van der Waals surface area contributed by atoms with Crippen molar-refractivity contribution in [3.8, 4) is 56.9 Å². The molecule has 0 fully saturated rings. The van der Waals surface area contributed by atoms with E-state index in [0.29, 0.717) is 56.4 Å². The number of methoxy groups -OCH3 is 4. The topological polar surface area (TPSA) is 97.7 Å². The lowest BCUT2D eigenvalue weighted by Gasteiger charge is -2.32. The van der Waals surface area contributed by atoms with Crippen molar-refractivity contribution in [1.29, 1.82) is 0 Å². The van der Waals surface area contributed by atoms with Crippen LogP contribution in [0.5, 0.6) is 34.5 Å². The number of aliphatic imine (C=N–C) groups is 1. The third kappa shape index (κ3) is 4.75. The molecule has 2 N–H and O–H groups in total. The maximum Gasteiger partial charge on any atom is 0.642 e. The number of rotatable bonds is 8. The number of halogens is 2. The van der Waals surface area contributed by atoms with Crippen molar-refractivity contribution >= 4 is 29.9 Å². The highest BCUT2D eigenvalue weighted by molar-refractivity contribution is 6.63. The van der Waals surface area contributed by atoms with E-state index in [4.69, 9.17) is 23.9 Å². The van der Waals surface area contributed by atoms with E-state index in [-0.39, 0.29) is 28.8 Å². The van der Waals surface area contributed by atoms with Gasteiger partial charge in [-0.25, -0.2) is 0 Å². The van der Waals surface area contributed by atoms with Crippen LogP contribution in [0.25, 0.3) is 28.0 Å². The highest BCUT2D eigenvalue weighted by atomic mass is 19.2. The van der Waals surface area contributed by atoms with Gasteiger partial charge in [0, 0.05) is 16.8 Å². The Morgan fingerprint density at radius 3 is 1.88 bits per heavy atom. The summed E-state index contributed by atoms with van der Waals surface area (Å²) in [5.74, 6) is 0.960. The average molecular weight is 649 g/mol. The SMILES string of the molecule is COc1ccc(C2=[N+]3C(=Nc4c(-c5ccc(O)c(O)c5)cc(-c5ccc(OC)c(OC)c5)n4[B-]3(F)F)C(c3ccccc3)=C2)cc1OC. The molecule has 1 aromatic heterocycles. The second kappa shape index (κ2) is 11.6. The third-order valence-electron chi connectivity index (χ3n) is 8.58. The van der Waals surface area contributed by atoms with E-state index in [9.17, 15) is 10.2 Å². The summed E-state index contributed by atoms with van der Waals surface area (Å²) in [7, 11) is 5.97. The molecular weight excluding hydrogens is 619 g/mol. The van der Waals surface area contributed by atoms with E-state index in [1.54, 1.807) is 54.6 Å². The van der Waals surface area contributed by atoms with Gasteiger partial charge < -0.3 is 46.8 Å². The van der Waals surface area contributed by atoms with Crippen LogP contribution in [0.2, 0.25) is 0 Å². The Labute approximate surface area is 274 Å². The molecule has 3 heterocycles. The van der Waals surface area contributed by atoms with Gasteiger partial charge in [-0.3, -0.25) is 0 Å². The molecule has 0 saturated carbocycles. The molecule has 7 rings (SSSR count). The van der Waals surface area contributed by atoms with Crippen LogP contribution < -0.4 is 18.9 Å². The Morgan fingerprint density at radius 2 is 1.25 bits per heavy atom. The average Bonchev–Trinajstić information content (AvgIpc) is 3.70. The van der Waals surface area contributed by atoms with Gasteiger partial charge in [-0.1, -0.05) is 36.4 Å². The molecule has 4 aromatic carbocycles. The van der Waals surface area contributed by atoms with Crippen molar-refractivity contribution in [2.24, 2.45) is 4.99 Å². The molecule has 0 atom stereocenters. The Hall–Kier alpha value is -6.04. The minimum absolute atomic E-state index is 0.0171. The van der Waals surface area contributed by atoms with Gasteiger partial charge in [-0.15, -0.1) is 0 Å². The summed E-state index contributed by atoms with van der Waals surface area (Å²) in [4.78, 5) is 4.96. The van der Waals surface area contributed by atoms with Crippen molar-refractivity contribution in [3.63, 3.8) is 0 Å². The number of fused-ring (bicyclic) bond motifs is 2. The fraction of sp³-hybridized carbons (Fsp3) is 0.111. The lowest BCUT2D eigenvalue weighted by Crippen LogP contribution is -2.53. The molecule has 0 unspecified atom stereocenters. The molecule has 242 valence electrons. The molecule has 0 amide bonds. The van der Waals surface area contributed by atoms with E-state index in [1.807, 2.05) is 30.3 Å². The minimum atomic E-state index is -4.63. The number of phenolic OH excluding ortho intramolecular Hbond substituents is 2. The van der Waals surface area contributed by atoms with Crippen molar-refractivity contribution < 1.29 is 42.3 Å². The number of phenols is 2. The standard InChI is InChI=1S/C36H30BF2N3O6/c1-45-31-14-11-23(17-33(31)47-3)27-19-25(21-8-6-5-7-9-21)35-40-36-26(22-10-13-29(43)30(44)16-22)20-28(42(36)37(38,39)41(27)35)24-12-15-32(46-2)34(18-24)48-4/h5-20,43-44H,1-4H3. The van der Waals surface area contributed by atoms with Crippen LogP contribution in [0.15, 0.2) is 102 Å². The van der Waals surface area contributed by atoms with Crippen molar-refractivity contribution in [3.05, 3.63) is 108 Å². The zero-order chi connectivity index (χ0) is 33.7. The summed E-state index contributed by atoms with van der Waals surface area (Å²) >= 11 is 0. The monoisotopic (exact) mass is 649 g/mol. The molecule has 48 heavy (non-hydrogen) atoms. The Kier molecular flexibility index (Phi) is 7.42. The van der Waals surface area contributed by atoms with Gasteiger partial charge in [0.2, 0.25) is 5.82 Å². The highest BCUT2D eigenvalue weighted by Gasteiger charge is 2.53. The second-order valence-electron chi connectivity index (χ2n) is 11.2. The lowest BCUT2D eigenvalue weighted by molar-refractivity contribution is -0.291. The molecule has 0 saturated heterocycles. The predicted octanol–water partition coefficient (Wildman–Crippen LogP) is 7.13. The van der Waals surface area contributed by atoms with E-state index in [1.165, 1.54) is 40.6 Å². The van der Waals surface area contributed by atoms with Crippen molar-refractivity contribution in [2.45, 2.75) is 0 Å². The van der Waals surface area contributed by atoms with E-state index < -0.39 is 12.7 Å². The zero-order valence-electron chi connectivity index (χ0n) is 26.4. The minimum Gasteiger partial charge on any atom is -0.504 e. The number of benzene rings is 4. The Balaban J connectivity index is 1.56. The number of amidine groups is 1. The zero-order valence-corrected chi connectivity index (χ0v) is 26.4. The van der Waals surface area contributed by atoms with Crippen LogP contribution in [-0.2, 0) is 0 Å². The molecule has 0 radical (unpaired) electrons. The van der Waals surface area contributed by atoms with Crippen LogP contribution in [0.4, 0.5) is 14.4 Å². The molecular formula is C36H30BF2N3O6. The quantitative estimate of drug-likeness (QED) is 0.137. The van der Waals surface area contributed by atoms with Crippen LogP contribution >= 0.6 is 0 Å². The maximum atomic E-state index is 17.7. The number of aromatic hydroxyl groups is 2. The van der Waals surface area contributed by atoms with Crippen LogP contribution in [0.3, 0.4) is 0 Å². The second-order valence-corrected chi connectivity index (χ2v) is 11.2. The fourth-order valence-corrected chi connectivity index (χ4v) is 6.27. The molecule has 0 aliphatic carbocycles. The predicted molar refractivity (Wildman–Crippen MR) is 181 cm³/mol. The van der Waals surface area contributed by atoms with E-state index in [0.717, 1.165) is 8.96 Å². The van der Waals surface area contributed by atoms with Crippen molar-refractivity contribution in [2.75, 3.05) is 28.4 Å². The van der Waals surface area contributed by atoms with Crippen LogP contribution in [0.1, 0.15) is 11.1 Å². The summed E-state index contributed by atoms with van der Waals surface area (Å²) < 4.78 is 59.1. The van der Waals surface area contributed by atoms with E-state index >= 15 is 8.63 Å². The molecule has 9 nitrogen and oxygen atoms in total. The largest absolute Gasteiger partial charge is 0.642 e. The molecule has 5 aromatic rings. The summed E-state index contributed by atoms with van der Waals surface area (Å²) in [5, 5.41) is 20.4. The Morgan fingerprint density at radius 1 is 0.646 bits per heavy atom. The van der Waals surface area contributed by atoms with Gasteiger partial charge in [-0.2, -0.15) is 0 Å². The fourth-order valence-electron chi connectivity index (χ4n) is 6.27. The van der Waals surface area contributed by atoms with Crippen LogP contribution in [-0.4, -0.2) is 66.1 Å². The van der Waals surface area contributed by atoms with Crippen LogP contribution in [0, 0.1) is 0 Å². The van der Waals surface area contributed by atoms with Gasteiger partial charge in [0.15, 0.2) is 34.5 Å². The summed E-state index contributed by atoms with van der Waals surface area (Å²) in [5.41, 5.74) is 3.19. The smallest absolute Gasteiger partial charge is 0.504 e. The first-order valence-corrected chi connectivity index (χ1v) is 15.0. The van der Waals surface area contributed by atoms with Gasteiger partial charge >= 0.3 is 6.97 Å².